The van der Waals surface area contributed by atoms with Gasteiger partial charge in [-0.1, -0.05) is 17.7 Å². The zero-order valence-corrected chi connectivity index (χ0v) is 12.0. The molecule has 0 aromatic heterocycles. The second-order valence-electron chi connectivity index (χ2n) is 4.84. The summed E-state index contributed by atoms with van der Waals surface area (Å²) in [5.41, 5.74) is 3.11. The van der Waals surface area contributed by atoms with Crippen molar-refractivity contribution in [3.8, 4) is 0 Å². The number of hydrogen-bond donors (Lipinski definition) is 1. The molecule has 100 valence electrons. The molecule has 1 heterocycles. The topological polar surface area (TPSA) is 32.3 Å². The van der Waals surface area contributed by atoms with Crippen LogP contribution in [0.4, 0.5) is 0 Å². The van der Waals surface area contributed by atoms with Crippen LogP contribution in [0.3, 0.4) is 0 Å². The fourth-order valence-corrected chi connectivity index (χ4v) is 2.40. The van der Waals surface area contributed by atoms with Crippen LogP contribution >= 0.6 is 12.4 Å². The monoisotopic (exact) mass is 268 g/mol. The lowest BCUT2D eigenvalue weighted by Crippen LogP contribution is -2.33. The summed E-state index contributed by atoms with van der Waals surface area (Å²) in [5.74, 6) is 0.167. The highest BCUT2D eigenvalue weighted by atomic mass is 35.5. The zero-order valence-electron chi connectivity index (χ0n) is 11.2. The molecule has 0 radical (unpaired) electrons. The van der Waals surface area contributed by atoms with Crippen molar-refractivity contribution in [2.75, 3.05) is 20.1 Å². The summed E-state index contributed by atoms with van der Waals surface area (Å²) in [5, 5.41) is 3.23. The highest BCUT2D eigenvalue weighted by molar-refractivity contribution is 5.95. The van der Waals surface area contributed by atoms with Crippen LogP contribution in [0.15, 0.2) is 18.2 Å². The van der Waals surface area contributed by atoms with E-state index in [1.54, 1.807) is 0 Å². The summed E-state index contributed by atoms with van der Waals surface area (Å²) in [6.07, 6.45) is 1.05. The van der Waals surface area contributed by atoms with E-state index in [9.17, 15) is 4.79 Å². The summed E-state index contributed by atoms with van der Waals surface area (Å²) < 4.78 is 0. The molecule has 0 aliphatic carbocycles. The standard InChI is InChI=1S/C14H20N2O.ClH/c1-10-4-5-13(11(2)8-10)14(17)16-7-6-12(9-16)15-3;/h4-5,8,12,15H,6-7,9H2,1-3H3;1H. The number of hydrogen-bond acceptors (Lipinski definition) is 2. The minimum atomic E-state index is 0. The summed E-state index contributed by atoms with van der Waals surface area (Å²) in [7, 11) is 1.95. The molecule has 1 aliphatic heterocycles. The number of carbonyl (C=O) groups excluding carboxylic acids is 1. The Labute approximate surface area is 115 Å². The lowest BCUT2D eigenvalue weighted by molar-refractivity contribution is 0.0789. The maximum atomic E-state index is 12.3. The van der Waals surface area contributed by atoms with E-state index in [2.05, 4.69) is 11.4 Å². The van der Waals surface area contributed by atoms with Crippen molar-refractivity contribution >= 4 is 18.3 Å². The van der Waals surface area contributed by atoms with Gasteiger partial charge in [0, 0.05) is 24.7 Å². The van der Waals surface area contributed by atoms with E-state index in [0.29, 0.717) is 6.04 Å². The molecule has 0 bridgehead atoms. The van der Waals surface area contributed by atoms with E-state index in [1.165, 1.54) is 5.56 Å². The van der Waals surface area contributed by atoms with Gasteiger partial charge in [0.1, 0.15) is 0 Å². The fraction of sp³-hybridized carbons (Fsp3) is 0.500. The number of likely N-dealkylation sites (N-methyl/N-ethyl adjacent to an activating group) is 1. The molecule has 1 N–H and O–H groups in total. The second kappa shape index (κ2) is 6.21. The maximum absolute atomic E-state index is 12.3. The lowest BCUT2D eigenvalue weighted by atomic mass is 10.0. The van der Waals surface area contributed by atoms with Crippen LogP contribution < -0.4 is 5.32 Å². The summed E-state index contributed by atoms with van der Waals surface area (Å²) >= 11 is 0. The predicted molar refractivity (Wildman–Crippen MR) is 76.5 cm³/mol. The highest BCUT2D eigenvalue weighted by Crippen LogP contribution is 2.17. The van der Waals surface area contributed by atoms with Gasteiger partial charge >= 0.3 is 0 Å². The smallest absolute Gasteiger partial charge is 0.254 e. The Kier molecular flexibility index (Phi) is 5.17. The molecule has 1 aromatic carbocycles. The molecular formula is C14H21ClN2O. The van der Waals surface area contributed by atoms with E-state index in [4.69, 9.17) is 0 Å². The molecular weight excluding hydrogens is 248 g/mol. The molecule has 1 atom stereocenters. The number of rotatable bonds is 2. The van der Waals surface area contributed by atoms with E-state index >= 15 is 0 Å². The van der Waals surface area contributed by atoms with Gasteiger partial charge in [0.25, 0.3) is 5.91 Å². The minimum absolute atomic E-state index is 0. The second-order valence-corrected chi connectivity index (χ2v) is 4.84. The third-order valence-corrected chi connectivity index (χ3v) is 3.50. The average molecular weight is 269 g/mol. The minimum Gasteiger partial charge on any atom is -0.337 e. The molecule has 18 heavy (non-hydrogen) atoms. The Balaban J connectivity index is 0.00000162. The van der Waals surface area contributed by atoms with Gasteiger partial charge in [-0.25, -0.2) is 0 Å². The number of nitrogens with zero attached hydrogens (tertiary/aromatic N) is 1. The largest absolute Gasteiger partial charge is 0.337 e. The summed E-state index contributed by atoms with van der Waals surface area (Å²) in [6.45, 7) is 5.74. The van der Waals surface area contributed by atoms with Gasteiger partial charge in [-0.3, -0.25) is 4.79 Å². The lowest BCUT2D eigenvalue weighted by Gasteiger charge is -2.18. The molecule has 1 unspecified atom stereocenters. The van der Waals surface area contributed by atoms with E-state index in [-0.39, 0.29) is 18.3 Å². The SMILES string of the molecule is CNC1CCN(C(=O)c2ccc(C)cc2C)C1.Cl. The molecule has 3 nitrogen and oxygen atoms in total. The Hall–Kier alpha value is -1.06. The number of likely N-dealkylation sites (tertiary alicyclic amines) is 1. The summed E-state index contributed by atoms with van der Waals surface area (Å²) in [6, 6.07) is 6.47. The number of aryl methyl sites for hydroxylation is 2. The van der Waals surface area contributed by atoms with Crippen molar-refractivity contribution in [2.45, 2.75) is 26.3 Å². The third kappa shape index (κ3) is 3.03. The molecule has 1 amide bonds. The molecule has 1 aromatic rings. The van der Waals surface area contributed by atoms with Crippen LogP contribution in [0.25, 0.3) is 0 Å². The molecule has 4 heteroatoms. The van der Waals surface area contributed by atoms with Crippen LogP contribution in [-0.4, -0.2) is 37.0 Å². The van der Waals surface area contributed by atoms with Crippen molar-refractivity contribution in [1.29, 1.82) is 0 Å². The number of amides is 1. The fourth-order valence-electron chi connectivity index (χ4n) is 2.40. The number of halogens is 1. The number of nitrogens with one attached hydrogen (secondary N) is 1. The highest BCUT2D eigenvalue weighted by Gasteiger charge is 2.26. The average Bonchev–Trinajstić information content (AvgIpc) is 2.76. The molecule has 1 saturated heterocycles. The van der Waals surface area contributed by atoms with Crippen LogP contribution in [0, 0.1) is 13.8 Å². The Morgan fingerprint density at radius 2 is 2.11 bits per heavy atom. The van der Waals surface area contributed by atoms with E-state index < -0.39 is 0 Å². The van der Waals surface area contributed by atoms with Crippen LogP contribution in [0.2, 0.25) is 0 Å². The molecule has 0 saturated carbocycles. The maximum Gasteiger partial charge on any atom is 0.254 e. The Bertz CT molecular complexity index is 434. The van der Waals surface area contributed by atoms with Crippen molar-refractivity contribution < 1.29 is 4.79 Å². The van der Waals surface area contributed by atoms with Gasteiger partial charge in [0.05, 0.1) is 0 Å². The van der Waals surface area contributed by atoms with Crippen LogP contribution in [0.1, 0.15) is 27.9 Å². The van der Waals surface area contributed by atoms with Gasteiger partial charge in [-0.05, 0) is 38.9 Å². The first kappa shape index (κ1) is 15.0. The Morgan fingerprint density at radius 3 is 2.67 bits per heavy atom. The normalized spacial score (nSPS) is 18.6. The number of benzene rings is 1. The molecule has 2 rings (SSSR count). The Morgan fingerprint density at radius 1 is 1.39 bits per heavy atom. The molecule has 1 fully saturated rings. The van der Waals surface area contributed by atoms with Crippen LogP contribution in [-0.2, 0) is 0 Å². The first-order valence-corrected chi connectivity index (χ1v) is 6.15. The van der Waals surface area contributed by atoms with Gasteiger partial charge < -0.3 is 10.2 Å². The van der Waals surface area contributed by atoms with Gasteiger partial charge in [-0.2, -0.15) is 0 Å². The zero-order chi connectivity index (χ0) is 12.4. The third-order valence-electron chi connectivity index (χ3n) is 3.50. The number of carbonyl (C=O) groups is 1. The van der Waals surface area contributed by atoms with E-state index in [0.717, 1.165) is 30.6 Å². The van der Waals surface area contributed by atoms with Gasteiger partial charge in [-0.15, -0.1) is 12.4 Å². The van der Waals surface area contributed by atoms with Crippen LogP contribution in [0.5, 0.6) is 0 Å². The van der Waals surface area contributed by atoms with Crippen molar-refractivity contribution in [2.24, 2.45) is 0 Å². The molecule has 0 spiro atoms. The predicted octanol–water partition coefficient (Wildman–Crippen LogP) is 2.16. The van der Waals surface area contributed by atoms with E-state index in [1.807, 2.05) is 37.9 Å². The van der Waals surface area contributed by atoms with Gasteiger partial charge in [0.15, 0.2) is 0 Å². The first-order chi connectivity index (χ1) is 8.11. The van der Waals surface area contributed by atoms with Crippen molar-refractivity contribution in [3.05, 3.63) is 34.9 Å². The summed E-state index contributed by atoms with van der Waals surface area (Å²) in [4.78, 5) is 14.3. The van der Waals surface area contributed by atoms with Crippen molar-refractivity contribution in [3.63, 3.8) is 0 Å². The molecule has 1 aliphatic rings. The van der Waals surface area contributed by atoms with Gasteiger partial charge in [0.2, 0.25) is 0 Å². The quantitative estimate of drug-likeness (QED) is 0.892. The first-order valence-electron chi connectivity index (χ1n) is 6.15. The van der Waals surface area contributed by atoms with Crippen molar-refractivity contribution in [1.82, 2.24) is 10.2 Å².